The summed E-state index contributed by atoms with van der Waals surface area (Å²) in [6.45, 7) is 3.54. The first-order valence-electron chi connectivity index (χ1n) is 18.9. The highest BCUT2D eigenvalue weighted by Crippen LogP contribution is 2.35. The first-order valence-corrected chi connectivity index (χ1v) is 20.5. The molecule has 2 saturated carbocycles. The van der Waals surface area contributed by atoms with E-state index in [0.29, 0.717) is 38.0 Å². The zero-order valence-electron chi connectivity index (χ0n) is 30.9. The highest BCUT2D eigenvalue weighted by molar-refractivity contribution is 7.92. The predicted molar refractivity (Wildman–Crippen MR) is 193 cm³/mol. The van der Waals surface area contributed by atoms with E-state index in [4.69, 9.17) is 10.5 Å². The third-order valence-corrected chi connectivity index (χ3v) is 13.6. The molecule has 2 saturated heterocycles. The number of carbonyl (C=O) groups excluding carboxylic acids is 5. The Hall–Kier alpha value is -4.22. The van der Waals surface area contributed by atoms with Crippen molar-refractivity contribution in [1.82, 2.24) is 30.5 Å². The lowest BCUT2D eigenvalue weighted by Crippen LogP contribution is -2.62. The normalized spacial score (nSPS) is 24.7. The molecule has 3 heterocycles. The van der Waals surface area contributed by atoms with Crippen LogP contribution in [-0.2, 0) is 39.4 Å². The summed E-state index contributed by atoms with van der Waals surface area (Å²) in [7, 11) is -3.46. The summed E-state index contributed by atoms with van der Waals surface area (Å²) in [6, 6.07) is 2.84. The van der Waals surface area contributed by atoms with E-state index >= 15 is 0 Å². The summed E-state index contributed by atoms with van der Waals surface area (Å²) < 4.78 is 32.6. The molecule has 54 heavy (non-hydrogen) atoms. The molecule has 1 unspecified atom stereocenters. The van der Waals surface area contributed by atoms with Crippen molar-refractivity contribution in [1.29, 1.82) is 0 Å². The maximum absolute atomic E-state index is 14.8. The van der Waals surface area contributed by atoms with Gasteiger partial charge in [0.2, 0.25) is 17.6 Å². The molecule has 2 aromatic rings. The molecule has 5 N–H and O–H groups in total. The summed E-state index contributed by atoms with van der Waals surface area (Å²) in [5.74, 6) is -3.78. The van der Waals surface area contributed by atoms with Crippen molar-refractivity contribution in [2.24, 2.45) is 11.7 Å². The number of Topliss-reactive ketones (excluding diaryl/α,β-unsaturated/α-hetero) is 1. The van der Waals surface area contributed by atoms with Crippen LogP contribution in [0.4, 0.5) is 0 Å². The van der Waals surface area contributed by atoms with Crippen molar-refractivity contribution in [2.45, 2.75) is 130 Å². The highest BCUT2D eigenvalue weighted by Gasteiger charge is 2.49. The molecule has 6 rings (SSSR count). The number of hydrogen-bond donors (Lipinski definition) is 4. The number of amides is 4. The number of aromatic nitrogens is 3. The molecule has 0 radical (unpaired) electrons. The topological polar surface area (TPSA) is 233 Å². The minimum Gasteiger partial charge on any atom is -0.384 e. The number of nitrogens with zero attached hydrogens (tertiary/aromatic N) is 4. The first kappa shape index (κ1) is 39.5. The Balaban J connectivity index is 1.31. The Morgan fingerprint density at radius 3 is 2.37 bits per heavy atom. The van der Waals surface area contributed by atoms with E-state index in [1.165, 1.54) is 40.0 Å². The second-order valence-electron chi connectivity index (χ2n) is 15.8. The first-order chi connectivity index (χ1) is 25.6. The second-order valence-corrected chi connectivity index (χ2v) is 18.0. The van der Waals surface area contributed by atoms with Gasteiger partial charge in [0.05, 0.1) is 28.1 Å². The molecule has 1 aromatic carbocycles. The fraction of sp³-hybridized carbons (Fsp3) is 0.649. The van der Waals surface area contributed by atoms with Gasteiger partial charge < -0.3 is 31.1 Å². The summed E-state index contributed by atoms with van der Waals surface area (Å²) in [4.78, 5) is 70.0. The molecule has 4 amide bonds. The number of ketones is 1. The van der Waals surface area contributed by atoms with Crippen molar-refractivity contribution >= 4 is 39.2 Å². The molecule has 17 heteroatoms. The monoisotopic (exact) mass is 769 g/mol. The van der Waals surface area contributed by atoms with E-state index in [-0.39, 0.29) is 48.8 Å². The summed E-state index contributed by atoms with van der Waals surface area (Å²) in [5.41, 5.74) is 3.01. The molecular formula is C37H51N7O9S. The lowest BCUT2D eigenvalue weighted by atomic mass is 9.84. The van der Waals surface area contributed by atoms with E-state index in [1.807, 2.05) is 0 Å². The van der Waals surface area contributed by atoms with Gasteiger partial charge in [-0.2, -0.15) is 0 Å². The molecule has 4 atom stereocenters. The molecule has 4 fully saturated rings. The van der Waals surface area contributed by atoms with Gasteiger partial charge >= 0.3 is 0 Å². The van der Waals surface area contributed by atoms with Gasteiger partial charge in [-0.15, -0.1) is 5.10 Å². The molecule has 16 nitrogen and oxygen atoms in total. The number of nitrogens with one attached hydrogen (secondary N) is 2. The van der Waals surface area contributed by atoms with Crippen LogP contribution in [0.2, 0.25) is 0 Å². The highest BCUT2D eigenvalue weighted by atomic mass is 32.2. The van der Waals surface area contributed by atoms with Crippen LogP contribution < -0.4 is 16.4 Å². The van der Waals surface area contributed by atoms with Gasteiger partial charge in [0.15, 0.2) is 9.84 Å². The van der Waals surface area contributed by atoms with E-state index in [0.717, 1.165) is 32.1 Å². The molecule has 0 spiro atoms. The zero-order valence-corrected chi connectivity index (χ0v) is 31.7. The van der Waals surface area contributed by atoms with Crippen LogP contribution in [0, 0.1) is 5.92 Å². The van der Waals surface area contributed by atoms with Gasteiger partial charge in [0, 0.05) is 38.2 Å². The lowest BCUT2D eigenvalue weighted by molar-refractivity contribution is -0.145. The van der Waals surface area contributed by atoms with Crippen molar-refractivity contribution in [3.63, 3.8) is 0 Å². The number of aliphatic hydroxyl groups is 1. The third kappa shape index (κ3) is 8.52. The quantitative estimate of drug-likeness (QED) is 0.213. The zero-order chi connectivity index (χ0) is 38.8. The number of rotatable bonds is 13. The van der Waals surface area contributed by atoms with Gasteiger partial charge in [0.25, 0.3) is 11.8 Å². The van der Waals surface area contributed by atoms with Crippen LogP contribution in [-0.4, -0.2) is 105 Å². The van der Waals surface area contributed by atoms with Crippen LogP contribution in [0.3, 0.4) is 0 Å². The summed E-state index contributed by atoms with van der Waals surface area (Å²) in [5, 5.41) is 24.4. The van der Waals surface area contributed by atoms with Crippen LogP contribution in [0.1, 0.15) is 113 Å². The van der Waals surface area contributed by atoms with Gasteiger partial charge in [0.1, 0.15) is 23.2 Å². The molecule has 0 bridgehead atoms. The number of primary amides is 1. The minimum absolute atomic E-state index is 0.0116. The number of likely N-dealkylation sites (tertiary alicyclic amines) is 1. The lowest BCUT2D eigenvalue weighted by Gasteiger charge is -2.35. The Morgan fingerprint density at radius 2 is 1.72 bits per heavy atom. The Kier molecular flexibility index (Phi) is 11.6. The number of ether oxygens (including phenoxy) is 1. The number of nitrogens with two attached hydrogens (primary N) is 1. The Bertz CT molecular complexity index is 1840. The van der Waals surface area contributed by atoms with Gasteiger partial charge in [-0.1, -0.05) is 37.3 Å². The smallest absolute Gasteiger partial charge is 0.287 e. The van der Waals surface area contributed by atoms with Crippen molar-refractivity contribution in [3.8, 4) is 0 Å². The van der Waals surface area contributed by atoms with E-state index < -0.39 is 73.8 Å². The number of benzene rings is 1. The van der Waals surface area contributed by atoms with Crippen molar-refractivity contribution in [2.75, 3.05) is 19.8 Å². The Labute approximate surface area is 314 Å². The maximum Gasteiger partial charge on any atom is 0.287 e. The Morgan fingerprint density at radius 1 is 1.02 bits per heavy atom. The van der Waals surface area contributed by atoms with E-state index in [9.17, 15) is 37.5 Å². The van der Waals surface area contributed by atoms with Gasteiger partial charge in [-0.3, -0.25) is 24.0 Å². The molecule has 294 valence electrons. The molecular weight excluding hydrogens is 719 g/mol. The van der Waals surface area contributed by atoms with Crippen LogP contribution in [0.15, 0.2) is 35.4 Å². The molecule has 2 aliphatic heterocycles. The summed E-state index contributed by atoms with van der Waals surface area (Å²) in [6.07, 6.45) is 8.26. The molecule has 4 aliphatic rings. The standard InChI is InChI=1S/C37H51N7O9S/c1-36(2,50)30-21-39-42-44(30)25-20-29(34(48)41-37(31(45)32(38)46)15-6-17-53-18-16-37)43(22-25)35(49)28(19-23-7-4-3-5-8-23)40-33(47)24-9-11-26(12-10-24)54(51,52)27-13-14-27/h9-12,21,23,25,27-29,50H,3-8,13-20,22H2,1-2H3,(H2,38,46)(H,40,47)(H,41,48)/t25-,28+,29-,37?/m0/s1. The number of carbonyl (C=O) groups is 5. The average molecular weight is 770 g/mol. The fourth-order valence-corrected chi connectivity index (χ4v) is 9.79. The maximum atomic E-state index is 14.8. The van der Waals surface area contributed by atoms with E-state index in [1.54, 1.807) is 13.8 Å². The van der Waals surface area contributed by atoms with Crippen LogP contribution in [0.5, 0.6) is 0 Å². The van der Waals surface area contributed by atoms with E-state index in [2.05, 4.69) is 20.9 Å². The van der Waals surface area contributed by atoms with Crippen molar-refractivity contribution in [3.05, 3.63) is 41.7 Å². The minimum atomic E-state index is -3.46. The number of sulfone groups is 1. The predicted octanol–water partition coefficient (Wildman–Crippen LogP) is 1.46. The number of hydrogen-bond acceptors (Lipinski definition) is 11. The molecule has 2 aliphatic carbocycles. The van der Waals surface area contributed by atoms with Gasteiger partial charge in [-0.25, -0.2) is 13.1 Å². The van der Waals surface area contributed by atoms with Crippen molar-refractivity contribution < 1.29 is 42.2 Å². The molecule has 1 aromatic heterocycles. The van der Waals surface area contributed by atoms with Gasteiger partial charge in [-0.05, 0) is 76.1 Å². The summed E-state index contributed by atoms with van der Waals surface area (Å²) >= 11 is 0. The third-order valence-electron chi connectivity index (χ3n) is 11.3. The van der Waals surface area contributed by atoms with Crippen LogP contribution in [0.25, 0.3) is 0 Å². The fourth-order valence-electron chi connectivity index (χ4n) is 8.13. The largest absolute Gasteiger partial charge is 0.384 e. The van der Waals surface area contributed by atoms with Crippen LogP contribution >= 0.6 is 0 Å². The average Bonchev–Trinajstić information content (AvgIpc) is 3.80. The SMILES string of the molecule is CC(C)(O)c1cnnn1[C@H]1C[C@@H](C(=O)NC2(C(=O)C(N)=O)CCCOCC2)N(C(=O)[C@@H](CC2CCCCC2)NC(=O)c2ccc(S(=O)(=O)C3CC3)cc2)C1. The second kappa shape index (κ2) is 15.9.